The molecule has 6 rings (SSSR count). The molecule has 1 N–H and O–H groups in total. The van der Waals surface area contributed by atoms with Gasteiger partial charge in [-0.05, 0) is 66.3 Å². The van der Waals surface area contributed by atoms with E-state index in [2.05, 4.69) is 5.32 Å². The van der Waals surface area contributed by atoms with Crippen LogP contribution in [0.15, 0.2) is 84.9 Å². The van der Waals surface area contributed by atoms with Crippen molar-refractivity contribution in [3.63, 3.8) is 0 Å². The lowest BCUT2D eigenvalue weighted by molar-refractivity contribution is -0.120. The minimum atomic E-state index is -3.63. The van der Waals surface area contributed by atoms with Gasteiger partial charge < -0.3 is 5.32 Å². The van der Waals surface area contributed by atoms with E-state index in [1.807, 2.05) is 36.4 Å². The summed E-state index contributed by atoms with van der Waals surface area (Å²) in [7, 11) is -3.63. The van der Waals surface area contributed by atoms with Gasteiger partial charge in [0.05, 0.1) is 11.4 Å². The molecule has 196 valence electrons. The van der Waals surface area contributed by atoms with Gasteiger partial charge in [0, 0.05) is 28.7 Å². The molecule has 0 spiro atoms. The third-order valence-corrected chi connectivity index (χ3v) is 9.22. The van der Waals surface area contributed by atoms with Crippen LogP contribution in [0, 0.1) is 0 Å². The van der Waals surface area contributed by atoms with Crippen molar-refractivity contribution < 1.29 is 22.8 Å². The van der Waals surface area contributed by atoms with Gasteiger partial charge in [-0.25, -0.2) is 13.3 Å². The van der Waals surface area contributed by atoms with Crippen molar-refractivity contribution in [2.24, 2.45) is 0 Å². The highest BCUT2D eigenvalue weighted by Gasteiger charge is 2.38. The Balaban J connectivity index is 1.26. The second kappa shape index (κ2) is 9.44. The lowest BCUT2D eigenvalue weighted by Crippen LogP contribution is -2.51. The maximum atomic E-state index is 13.3. The molecule has 0 aromatic heterocycles. The summed E-state index contributed by atoms with van der Waals surface area (Å²) in [6.07, 6.45) is 0.265. The summed E-state index contributed by atoms with van der Waals surface area (Å²) in [4.78, 5) is 41.1. The number of fused-ring (bicyclic) bond motifs is 1. The fourth-order valence-electron chi connectivity index (χ4n) is 5.37. The Morgan fingerprint density at radius 2 is 1.46 bits per heavy atom. The molecule has 39 heavy (non-hydrogen) atoms. The molecule has 4 aromatic rings. The normalized spacial score (nSPS) is 17.3. The van der Waals surface area contributed by atoms with E-state index in [9.17, 15) is 22.8 Å². The largest absolute Gasteiger partial charge is 0.325 e. The second-order valence-corrected chi connectivity index (χ2v) is 11.8. The lowest BCUT2D eigenvalue weighted by Gasteiger charge is -2.34. The van der Waals surface area contributed by atoms with Crippen LogP contribution in [-0.4, -0.2) is 42.2 Å². The zero-order valence-corrected chi connectivity index (χ0v) is 21.9. The van der Waals surface area contributed by atoms with Gasteiger partial charge in [-0.3, -0.25) is 14.4 Å². The SMILES string of the molecule is CCS(=O)(=O)N1Cc2ccccc2CC1C(=O)Nc1ccc(N2C(=O)c3cccc4cccc(c34)C2=O)cc1. The first kappa shape index (κ1) is 25.0. The highest BCUT2D eigenvalue weighted by atomic mass is 32.2. The monoisotopic (exact) mass is 539 g/mol. The van der Waals surface area contributed by atoms with E-state index in [0.29, 0.717) is 27.9 Å². The number of nitrogens with one attached hydrogen (secondary N) is 1. The van der Waals surface area contributed by atoms with E-state index in [4.69, 9.17) is 0 Å². The number of sulfonamides is 1. The molecule has 9 heteroatoms. The molecule has 0 saturated carbocycles. The van der Waals surface area contributed by atoms with Crippen LogP contribution < -0.4 is 10.2 Å². The number of carbonyl (C=O) groups is 3. The predicted molar refractivity (Wildman–Crippen MR) is 149 cm³/mol. The summed E-state index contributed by atoms with van der Waals surface area (Å²) in [6, 6.07) is 23.7. The predicted octanol–water partition coefficient (Wildman–Crippen LogP) is 4.36. The summed E-state index contributed by atoms with van der Waals surface area (Å²) in [6.45, 7) is 1.70. The fourth-order valence-corrected chi connectivity index (χ4v) is 6.59. The Kier molecular flexibility index (Phi) is 6.05. The minimum Gasteiger partial charge on any atom is -0.325 e. The molecule has 0 radical (unpaired) electrons. The molecule has 0 bridgehead atoms. The number of benzene rings is 4. The van der Waals surface area contributed by atoms with E-state index in [0.717, 1.165) is 21.4 Å². The molecule has 8 nitrogen and oxygen atoms in total. The average molecular weight is 540 g/mol. The zero-order valence-electron chi connectivity index (χ0n) is 21.1. The maximum Gasteiger partial charge on any atom is 0.265 e. The molecule has 2 aliphatic rings. The molecule has 0 saturated heterocycles. The molecule has 0 fully saturated rings. The smallest absolute Gasteiger partial charge is 0.265 e. The Morgan fingerprint density at radius 1 is 0.846 bits per heavy atom. The van der Waals surface area contributed by atoms with Crippen LogP contribution >= 0.6 is 0 Å². The Morgan fingerprint density at radius 3 is 2.08 bits per heavy atom. The molecule has 1 unspecified atom stereocenters. The number of carbonyl (C=O) groups excluding carboxylic acids is 3. The number of imide groups is 1. The number of amides is 3. The van der Waals surface area contributed by atoms with Crippen LogP contribution in [-0.2, 0) is 27.8 Å². The van der Waals surface area contributed by atoms with Crippen LogP contribution in [0.2, 0.25) is 0 Å². The van der Waals surface area contributed by atoms with Crippen molar-refractivity contribution in [1.82, 2.24) is 4.31 Å². The van der Waals surface area contributed by atoms with E-state index in [1.54, 1.807) is 55.5 Å². The summed E-state index contributed by atoms with van der Waals surface area (Å²) >= 11 is 0. The van der Waals surface area contributed by atoms with Gasteiger partial charge in [0.15, 0.2) is 0 Å². The lowest BCUT2D eigenvalue weighted by atomic mass is 9.94. The van der Waals surface area contributed by atoms with Crippen molar-refractivity contribution in [1.29, 1.82) is 0 Å². The average Bonchev–Trinajstić information content (AvgIpc) is 2.96. The van der Waals surface area contributed by atoms with Crippen LogP contribution in [0.25, 0.3) is 10.8 Å². The van der Waals surface area contributed by atoms with Gasteiger partial charge >= 0.3 is 0 Å². The van der Waals surface area contributed by atoms with E-state index in [-0.39, 0.29) is 18.7 Å². The fraction of sp³-hybridized carbons (Fsp3) is 0.167. The van der Waals surface area contributed by atoms with E-state index in [1.165, 1.54) is 4.31 Å². The first-order chi connectivity index (χ1) is 18.8. The Labute approximate surface area is 225 Å². The third-order valence-electron chi connectivity index (χ3n) is 7.39. The number of hydrogen-bond donors (Lipinski definition) is 1. The highest BCUT2D eigenvalue weighted by molar-refractivity contribution is 7.89. The van der Waals surface area contributed by atoms with Gasteiger partial charge in [0.2, 0.25) is 15.9 Å². The summed E-state index contributed by atoms with van der Waals surface area (Å²) in [5, 5.41) is 4.30. The number of hydrogen-bond acceptors (Lipinski definition) is 5. The maximum absolute atomic E-state index is 13.3. The van der Waals surface area contributed by atoms with Crippen LogP contribution in [0.4, 0.5) is 11.4 Å². The zero-order chi connectivity index (χ0) is 27.3. The van der Waals surface area contributed by atoms with Gasteiger partial charge in [0.1, 0.15) is 6.04 Å². The molecule has 2 aliphatic heterocycles. The highest BCUT2D eigenvalue weighted by Crippen LogP contribution is 2.33. The van der Waals surface area contributed by atoms with Crippen LogP contribution in [0.1, 0.15) is 38.8 Å². The van der Waals surface area contributed by atoms with Crippen LogP contribution in [0.3, 0.4) is 0 Å². The Hall–Kier alpha value is -4.34. The molecular formula is C30H25N3O5S. The van der Waals surface area contributed by atoms with Gasteiger partial charge in [0.25, 0.3) is 11.8 Å². The molecule has 4 aromatic carbocycles. The van der Waals surface area contributed by atoms with Crippen molar-refractivity contribution in [3.05, 3.63) is 107 Å². The Bertz CT molecular complexity index is 1710. The molecular weight excluding hydrogens is 514 g/mol. The molecule has 3 amide bonds. The number of anilines is 2. The topological polar surface area (TPSA) is 104 Å². The quantitative estimate of drug-likeness (QED) is 0.380. The molecule has 1 atom stereocenters. The second-order valence-electron chi connectivity index (χ2n) is 9.63. The van der Waals surface area contributed by atoms with Crippen LogP contribution in [0.5, 0.6) is 0 Å². The van der Waals surface area contributed by atoms with Gasteiger partial charge in [-0.1, -0.05) is 48.5 Å². The van der Waals surface area contributed by atoms with Crippen molar-refractivity contribution in [2.45, 2.75) is 25.9 Å². The first-order valence-corrected chi connectivity index (χ1v) is 14.3. The minimum absolute atomic E-state index is 0.109. The summed E-state index contributed by atoms with van der Waals surface area (Å²) in [5.74, 6) is -1.38. The van der Waals surface area contributed by atoms with Crippen molar-refractivity contribution in [3.8, 4) is 0 Å². The van der Waals surface area contributed by atoms with E-state index < -0.39 is 33.8 Å². The molecule has 2 heterocycles. The van der Waals surface area contributed by atoms with Gasteiger partial charge in [-0.15, -0.1) is 0 Å². The number of nitrogens with zero attached hydrogens (tertiary/aromatic N) is 2. The molecule has 0 aliphatic carbocycles. The van der Waals surface area contributed by atoms with Crippen molar-refractivity contribution >= 4 is 49.9 Å². The third kappa shape index (κ3) is 4.20. The number of rotatable bonds is 5. The first-order valence-electron chi connectivity index (χ1n) is 12.7. The summed E-state index contributed by atoms with van der Waals surface area (Å²) in [5.41, 5.74) is 3.53. The van der Waals surface area contributed by atoms with Gasteiger partial charge in [-0.2, -0.15) is 4.31 Å². The van der Waals surface area contributed by atoms with Crippen molar-refractivity contribution in [2.75, 3.05) is 16.0 Å². The van der Waals surface area contributed by atoms with E-state index >= 15 is 0 Å². The standard InChI is InChI=1S/C30H25N3O5S/c1-2-39(37,38)32-18-21-8-4-3-7-20(21)17-26(32)28(34)31-22-13-15-23(16-14-22)33-29(35)24-11-5-9-19-10-6-12-25(27(19)24)30(33)36/h3-16,26H,2,17-18H2,1H3,(H,31,34). The summed E-state index contributed by atoms with van der Waals surface area (Å²) < 4.78 is 27.0.